The molecule has 2 fully saturated rings. The SMILES string of the molecule is N#Cc1cnn(-c2ccc(OC[C@H]3CC(F)(F)CC[C@@H]3NS(=O)(=O)C3CC3)c(F)c2)c1. The average molecular weight is 454 g/mol. The van der Waals surface area contributed by atoms with E-state index >= 15 is 0 Å². The Morgan fingerprint density at radius 1 is 1.32 bits per heavy atom. The second kappa shape index (κ2) is 8.16. The van der Waals surface area contributed by atoms with Crippen molar-refractivity contribution in [2.75, 3.05) is 6.61 Å². The van der Waals surface area contributed by atoms with Gasteiger partial charge in [-0.25, -0.2) is 31.0 Å². The largest absolute Gasteiger partial charge is 0.490 e. The molecule has 4 rings (SSSR count). The molecule has 0 unspecified atom stereocenters. The van der Waals surface area contributed by atoms with E-state index in [1.807, 2.05) is 6.07 Å². The summed E-state index contributed by atoms with van der Waals surface area (Å²) in [5.41, 5.74) is 0.685. The zero-order valence-electron chi connectivity index (χ0n) is 16.5. The second-order valence-electron chi connectivity index (χ2n) is 8.04. The molecular formula is C20H21F3N4O3S. The van der Waals surface area contributed by atoms with Crippen LogP contribution in [0, 0.1) is 23.1 Å². The lowest BCUT2D eigenvalue weighted by Gasteiger charge is -2.36. The Balaban J connectivity index is 1.45. The van der Waals surface area contributed by atoms with Crippen LogP contribution in [0.25, 0.3) is 5.69 Å². The highest BCUT2D eigenvalue weighted by Crippen LogP contribution is 2.38. The highest BCUT2D eigenvalue weighted by Gasteiger charge is 2.45. The van der Waals surface area contributed by atoms with Gasteiger partial charge in [0.15, 0.2) is 11.6 Å². The monoisotopic (exact) mass is 454 g/mol. The topological polar surface area (TPSA) is 97.0 Å². The molecule has 1 aromatic heterocycles. The van der Waals surface area contributed by atoms with Gasteiger partial charge < -0.3 is 4.74 Å². The molecule has 2 aliphatic carbocycles. The van der Waals surface area contributed by atoms with Crippen LogP contribution in [0.4, 0.5) is 13.2 Å². The van der Waals surface area contributed by atoms with Gasteiger partial charge in [0.05, 0.1) is 29.3 Å². The molecule has 166 valence electrons. The molecule has 0 spiro atoms. The van der Waals surface area contributed by atoms with Crippen molar-refractivity contribution in [1.29, 1.82) is 5.26 Å². The third-order valence-electron chi connectivity index (χ3n) is 5.57. The van der Waals surface area contributed by atoms with Gasteiger partial charge in [-0.1, -0.05) is 0 Å². The zero-order chi connectivity index (χ0) is 22.2. The highest BCUT2D eigenvalue weighted by molar-refractivity contribution is 7.90. The van der Waals surface area contributed by atoms with E-state index in [1.165, 1.54) is 29.2 Å². The molecule has 1 heterocycles. The fourth-order valence-electron chi connectivity index (χ4n) is 3.71. The number of nitrogens with zero attached hydrogens (tertiary/aromatic N) is 3. The van der Waals surface area contributed by atoms with E-state index in [2.05, 4.69) is 9.82 Å². The van der Waals surface area contributed by atoms with E-state index < -0.39 is 51.8 Å². The van der Waals surface area contributed by atoms with Crippen LogP contribution in [-0.2, 0) is 10.0 Å². The lowest BCUT2D eigenvalue weighted by molar-refractivity contribution is -0.0662. The van der Waals surface area contributed by atoms with Crippen molar-refractivity contribution in [3.8, 4) is 17.5 Å². The molecule has 1 aromatic carbocycles. The maximum Gasteiger partial charge on any atom is 0.248 e. The first-order valence-corrected chi connectivity index (χ1v) is 11.5. The van der Waals surface area contributed by atoms with Crippen LogP contribution in [-0.4, -0.2) is 42.0 Å². The third kappa shape index (κ3) is 5.02. The Hall–Kier alpha value is -2.58. The van der Waals surface area contributed by atoms with Gasteiger partial charge in [-0.3, -0.25) is 0 Å². The van der Waals surface area contributed by atoms with Crippen LogP contribution in [0.2, 0.25) is 0 Å². The molecule has 1 N–H and O–H groups in total. The minimum Gasteiger partial charge on any atom is -0.490 e. The average Bonchev–Trinajstić information content (AvgIpc) is 3.47. The van der Waals surface area contributed by atoms with Gasteiger partial charge in [-0.15, -0.1) is 0 Å². The van der Waals surface area contributed by atoms with Crippen molar-refractivity contribution >= 4 is 10.0 Å². The summed E-state index contributed by atoms with van der Waals surface area (Å²) in [5.74, 6) is -4.56. The van der Waals surface area contributed by atoms with Crippen LogP contribution in [0.1, 0.15) is 37.7 Å². The molecule has 0 aliphatic heterocycles. The van der Waals surface area contributed by atoms with Crippen LogP contribution >= 0.6 is 0 Å². The van der Waals surface area contributed by atoms with Crippen molar-refractivity contribution in [3.05, 3.63) is 42.0 Å². The van der Waals surface area contributed by atoms with Gasteiger partial charge in [0.2, 0.25) is 15.9 Å². The van der Waals surface area contributed by atoms with E-state index in [4.69, 9.17) is 10.00 Å². The van der Waals surface area contributed by atoms with Gasteiger partial charge in [0.1, 0.15) is 6.07 Å². The van der Waals surface area contributed by atoms with Gasteiger partial charge in [0, 0.05) is 37.1 Å². The summed E-state index contributed by atoms with van der Waals surface area (Å²) in [6.07, 6.45) is 2.99. The number of aromatic nitrogens is 2. The minimum absolute atomic E-state index is 0.00504. The Bertz CT molecular complexity index is 1110. The molecule has 0 amide bonds. The molecule has 0 radical (unpaired) electrons. The second-order valence-corrected chi connectivity index (χ2v) is 10.0. The predicted octanol–water partition coefficient (Wildman–Crippen LogP) is 3.15. The summed E-state index contributed by atoms with van der Waals surface area (Å²) >= 11 is 0. The molecule has 2 atom stereocenters. The quantitative estimate of drug-likeness (QED) is 0.693. The number of nitriles is 1. The highest BCUT2D eigenvalue weighted by atomic mass is 32.2. The maximum absolute atomic E-state index is 14.5. The fourth-order valence-corrected chi connectivity index (χ4v) is 5.40. The number of nitrogens with one attached hydrogen (secondary N) is 1. The molecular weight excluding hydrogens is 433 g/mol. The van der Waals surface area contributed by atoms with Crippen molar-refractivity contribution in [2.45, 2.75) is 49.3 Å². The van der Waals surface area contributed by atoms with Gasteiger partial charge in [-0.2, -0.15) is 10.4 Å². The molecule has 2 aliphatic rings. The van der Waals surface area contributed by atoms with E-state index in [-0.39, 0.29) is 18.8 Å². The van der Waals surface area contributed by atoms with Crippen molar-refractivity contribution < 1.29 is 26.3 Å². The third-order valence-corrected chi connectivity index (χ3v) is 7.55. The summed E-state index contributed by atoms with van der Waals surface area (Å²) in [6, 6.07) is 5.28. The molecule has 0 bridgehead atoms. The van der Waals surface area contributed by atoms with Gasteiger partial charge in [-0.05, 0) is 31.4 Å². The normalized spacial score (nSPS) is 23.3. The lowest BCUT2D eigenvalue weighted by Crippen LogP contribution is -2.49. The number of hydrogen-bond donors (Lipinski definition) is 1. The Morgan fingerprint density at radius 2 is 2.10 bits per heavy atom. The summed E-state index contributed by atoms with van der Waals surface area (Å²) < 4.78 is 76.4. The lowest BCUT2D eigenvalue weighted by atomic mass is 9.83. The molecule has 2 aromatic rings. The Morgan fingerprint density at radius 3 is 2.74 bits per heavy atom. The van der Waals surface area contributed by atoms with Gasteiger partial charge >= 0.3 is 0 Å². The molecule has 2 saturated carbocycles. The van der Waals surface area contributed by atoms with Crippen LogP contribution < -0.4 is 9.46 Å². The maximum atomic E-state index is 14.5. The standard InChI is InChI=1S/C20H21F3N4O3S/c21-17-7-15(27-11-13(9-24)10-25-27)1-4-19(17)30-12-14-8-20(22,23)6-5-18(14)26-31(28,29)16-2-3-16/h1,4,7,10-11,14,16,18,26H,2-3,5-6,8,12H2/t14-,18+/m1/s1. The smallest absolute Gasteiger partial charge is 0.248 e. The van der Waals surface area contributed by atoms with Gasteiger partial charge in [0.25, 0.3) is 0 Å². The summed E-state index contributed by atoms with van der Waals surface area (Å²) in [6.45, 7) is -0.246. The van der Waals surface area contributed by atoms with E-state index in [9.17, 15) is 21.6 Å². The number of sulfonamides is 1. The van der Waals surface area contributed by atoms with E-state index in [0.717, 1.165) is 6.07 Å². The molecule has 7 nitrogen and oxygen atoms in total. The number of alkyl halides is 2. The zero-order valence-corrected chi connectivity index (χ0v) is 17.3. The Kier molecular flexibility index (Phi) is 5.70. The van der Waals surface area contributed by atoms with Crippen LogP contribution in [0.15, 0.2) is 30.6 Å². The molecule has 11 heteroatoms. The van der Waals surface area contributed by atoms with E-state index in [1.54, 1.807) is 0 Å². The summed E-state index contributed by atoms with van der Waals surface area (Å²) in [7, 11) is -3.54. The number of hydrogen-bond acceptors (Lipinski definition) is 5. The number of ether oxygens (including phenoxy) is 1. The van der Waals surface area contributed by atoms with Crippen LogP contribution in [0.3, 0.4) is 0 Å². The van der Waals surface area contributed by atoms with E-state index in [0.29, 0.717) is 24.1 Å². The van der Waals surface area contributed by atoms with Crippen molar-refractivity contribution in [3.63, 3.8) is 0 Å². The number of halogens is 3. The molecule has 0 saturated heterocycles. The summed E-state index contributed by atoms with van der Waals surface area (Å²) in [4.78, 5) is 0. The van der Waals surface area contributed by atoms with Crippen molar-refractivity contribution in [1.82, 2.24) is 14.5 Å². The minimum atomic E-state index is -3.54. The van der Waals surface area contributed by atoms with Crippen LogP contribution in [0.5, 0.6) is 5.75 Å². The molecule has 31 heavy (non-hydrogen) atoms. The first-order valence-electron chi connectivity index (χ1n) is 9.93. The Labute approximate surface area is 177 Å². The number of rotatable bonds is 7. The number of benzene rings is 1. The first kappa shape index (κ1) is 21.6. The fraction of sp³-hybridized carbons (Fsp3) is 0.500. The first-order chi connectivity index (χ1) is 14.7. The summed E-state index contributed by atoms with van der Waals surface area (Å²) in [5, 5.41) is 12.4. The predicted molar refractivity (Wildman–Crippen MR) is 105 cm³/mol. The van der Waals surface area contributed by atoms with Crippen molar-refractivity contribution in [2.24, 2.45) is 5.92 Å².